The molecule has 10 heteroatoms. The Bertz CT molecular complexity index is 2200. The first-order valence-electron chi connectivity index (χ1n) is 26.7. The van der Waals surface area contributed by atoms with E-state index in [1.54, 1.807) is 0 Å². The molecule has 4 bridgehead atoms. The summed E-state index contributed by atoms with van der Waals surface area (Å²) in [5.74, 6) is 1.68. The first kappa shape index (κ1) is 49.4. The van der Waals surface area contributed by atoms with Crippen LogP contribution in [0.15, 0.2) is 60.7 Å². The van der Waals surface area contributed by atoms with Gasteiger partial charge in [0.05, 0.1) is 34.1 Å². The zero-order valence-corrected chi connectivity index (χ0v) is 42.5. The minimum Gasteiger partial charge on any atom is -0.489 e. The molecule has 0 aromatic heterocycles. The number of carbonyl (C=O) groups is 2. The van der Waals surface area contributed by atoms with Gasteiger partial charge in [-0.3, -0.25) is 19.4 Å². The van der Waals surface area contributed by atoms with Gasteiger partial charge in [0.2, 0.25) is 0 Å². The van der Waals surface area contributed by atoms with E-state index in [1.165, 1.54) is 62.5 Å². The van der Waals surface area contributed by atoms with Crippen LogP contribution in [0.1, 0.15) is 179 Å². The number of fused-ring (bicyclic) bond motifs is 6. The number of nitrogens with zero attached hydrogens (tertiary/aromatic N) is 2. The number of benzene rings is 4. The van der Waals surface area contributed by atoms with Crippen molar-refractivity contribution in [2.24, 2.45) is 23.7 Å². The van der Waals surface area contributed by atoms with Gasteiger partial charge < -0.3 is 19.7 Å². The van der Waals surface area contributed by atoms with Crippen molar-refractivity contribution in [1.29, 1.82) is 0 Å². The second-order valence-corrected chi connectivity index (χ2v) is 22.5. The topological polar surface area (TPSA) is 99.5 Å². The zero-order valence-electron chi connectivity index (χ0n) is 41.0. The minimum atomic E-state index is -0.624. The van der Waals surface area contributed by atoms with E-state index < -0.39 is 11.9 Å². The Labute approximate surface area is 415 Å². The maximum Gasteiger partial charge on any atom is 0.306 e. The summed E-state index contributed by atoms with van der Waals surface area (Å²) in [4.78, 5) is 28.5. The van der Waals surface area contributed by atoms with Crippen molar-refractivity contribution in [1.82, 2.24) is 9.80 Å². The van der Waals surface area contributed by atoms with E-state index in [1.807, 2.05) is 12.1 Å². The molecule has 10 rings (SSSR count). The molecule has 0 radical (unpaired) electrons. The highest BCUT2D eigenvalue weighted by molar-refractivity contribution is 6.37. The standard InChI is InChI=1S/2C29H38ClNO3/c2*1-3-19-7-11-25(12-8-19)34-27-14-10-21-15-20(9-13-26(21)28(27)30)18(2)31-23-5-4-6-24(31)17-22(16-23)29(32)33/h2*9-10,13-15,18-19,22-25H,3-8,11-12,16-17H2,1-2H3,(H,32,33)/t2*18-,19?,22?,23?,24?,25?/m10/s1. The molecule has 4 unspecified atom stereocenters. The SMILES string of the molecule is CCC1CCC(Oc2ccc3cc([C@@H](C)N4C5CCCC4CC(C(=O)O)C5)ccc3c2Cl)CC1.CCC1CCC(Oc2ccc3cc([C@H](C)N4C5CCCC4CC(C(=O)O)C5)ccc3c2Cl)CC1. The summed E-state index contributed by atoms with van der Waals surface area (Å²) in [5, 5.41) is 25.0. The third kappa shape index (κ3) is 10.7. The van der Waals surface area contributed by atoms with Crippen molar-refractivity contribution in [2.75, 3.05) is 0 Å². The molecule has 6 fully saturated rings. The van der Waals surface area contributed by atoms with Crippen LogP contribution in [0, 0.1) is 23.7 Å². The Morgan fingerprint density at radius 2 is 0.897 bits per heavy atom. The van der Waals surface area contributed by atoms with E-state index in [2.05, 4.69) is 86.0 Å². The molecule has 4 aliphatic heterocycles. The lowest BCUT2D eigenvalue weighted by Gasteiger charge is -2.51. The highest BCUT2D eigenvalue weighted by Gasteiger charge is 2.44. The molecule has 0 amide bonds. The van der Waals surface area contributed by atoms with E-state index in [-0.39, 0.29) is 36.1 Å². The molecule has 6 aliphatic rings. The van der Waals surface area contributed by atoms with Crippen LogP contribution in [0.4, 0.5) is 0 Å². The maximum absolute atomic E-state index is 11.7. The van der Waals surface area contributed by atoms with Crippen LogP contribution in [-0.2, 0) is 9.59 Å². The van der Waals surface area contributed by atoms with Crippen LogP contribution in [-0.4, -0.2) is 68.3 Å². The Morgan fingerprint density at radius 1 is 0.544 bits per heavy atom. The number of carboxylic acids is 2. The predicted molar refractivity (Wildman–Crippen MR) is 275 cm³/mol. The number of rotatable bonds is 12. The van der Waals surface area contributed by atoms with Crippen molar-refractivity contribution in [2.45, 2.75) is 205 Å². The van der Waals surface area contributed by atoms with Crippen LogP contribution in [0.2, 0.25) is 10.0 Å². The lowest BCUT2D eigenvalue weighted by molar-refractivity contribution is -0.147. The molecular weight excluding hydrogens is 892 g/mol. The van der Waals surface area contributed by atoms with E-state index >= 15 is 0 Å². The summed E-state index contributed by atoms with van der Waals surface area (Å²) < 4.78 is 12.7. The molecule has 68 heavy (non-hydrogen) atoms. The van der Waals surface area contributed by atoms with Crippen LogP contribution < -0.4 is 9.47 Å². The molecule has 2 saturated carbocycles. The molecule has 8 nitrogen and oxygen atoms in total. The summed E-state index contributed by atoms with van der Waals surface area (Å²) >= 11 is 13.7. The second kappa shape index (κ2) is 21.8. The smallest absolute Gasteiger partial charge is 0.306 e. The fraction of sp³-hybridized carbons (Fsp3) is 0.621. The fourth-order valence-electron chi connectivity index (χ4n) is 13.8. The lowest BCUT2D eigenvalue weighted by Crippen LogP contribution is -2.53. The van der Waals surface area contributed by atoms with E-state index in [4.69, 9.17) is 32.7 Å². The maximum atomic E-state index is 11.7. The van der Waals surface area contributed by atoms with Crippen molar-refractivity contribution >= 4 is 56.7 Å². The van der Waals surface area contributed by atoms with Gasteiger partial charge in [-0.1, -0.05) is 99.1 Å². The number of halogens is 2. The number of aliphatic carboxylic acids is 2. The number of hydrogen-bond acceptors (Lipinski definition) is 6. The van der Waals surface area contributed by atoms with E-state index in [0.717, 1.165) is 122 Å². The molecule has 2 N–H and O–H groups in total. The Hall–Kier alpha value is -3.56. The average molecular weight is 968 g/mol. The third-order valence-corrected chi connectivity index (χ3v) is 18.6. The number of hydrogen-bond donors (Lipinski definition) is 2. The molecule has 2 aliphatic carbocycles. The van der Waals surface area contributed by atoms with Gasteiger partial charge in [0, 0.05) is 47.0 Å². The lowest BCUT2D eigenvalue weighted by atomic mass is 9.77. The highest BCUT2D eigenvalue weighted by Crippen LogP contribution is 2.46. The number of ether oxygens (including phenoxy) is 2. The zero-order chi connectivity index (χ0) is 47.6. The van der Waals surface area contributed by atoms with Crippen LogP contribution in [0.5, 0.6) is 11.5 Å². The average Bonchev–Trinajstić information content (AvgIpc) is 3.34. The minimum absolute atomic E-state index is 0.190. The fourth-order valence-corrected chi connectivity index (χ4v) is 14.4. The van der Waals surface area contributed by atoms with Gasteiger partial charge >= 0.3 is 11.9 Å². The molecule has 4 aromatic rings. The molecule has 368 valence electrons. The number of piperidine rings is 4. The van der Waals surface area contributed by atoms with E-state index in [0.29, 0.717) is 34.2 Å². The van der Waals surface area contributed by atoms with Gasteiger partial charge in [-0.25, -0.2) is 0 Å². The van der Waals surface area contributed by atoms with Crippen molar-refractivity contribution < 1.29 is 29.3 Å². The molecule has 4 saturated heterocycles. The number of carboxylic acid groups (broad SMARTS) is 2. The Morgan fingerprint density at radius 3 is 1.22 bits per heavy atom. The van der Waals surface area contributed by atoms with E-state index in [9.17, 15) is 19.8 Å². The largest absolute Gasteiger partial charge is 0.489 e. The summed E-state index contributed by atoms with van der Waals surface area (Å²) in [6, 6.07) is 23.6. The monoisotopic (exact) mass is 967 g/mol. The first-order chi connectivity index (χ1) is 32.9. The van der Waals surface area contributed by atoms with Gasteiger partial charge in [-0.2, -0.15) is 0 Å². The molecule has 0 spiro atoms. The van der Waals surface area contributed by atoms with Gasteiger partial charge in [0.1, 0.15) is 11.5 Å². The summed E-state index contributed by atoms with van der Waals surface area (Å²) in [6.45, 7) is 9.12. The Kier molecular flexibility index (Phi) is 15.9. The van der Waals surface area contributed by atoms with Crippen molar-refractivity contribution in [3.63, 3.8) is 0 Å². The summed E-state index contributed by atoms with van der Waals surface area (Å²) in [6.07, 6.45) is 22.5. The van der Waals surface area contributed by atoms with Crippen molar-refractivity contribution in [3.8, 4) is 11.5 Å². The van der Waals surface area contributed by atoms with Crippen LogP contribution in [0.3, 0.4) is 0 Å². The Balaban J connectivity index is 0.000000170. The molecule has 6 atom stereocenters. The van der Waals surface area contributed by atoms with Gasteiger partial charge in [-0.05, 0) is 175 Å². The van der Waals surface area contributed by atoms with Gasteiger partial charge in [-0.15, -0.1) is 0 Å². The normalized spacial score (nSPS) is 30.7. The van der Waals surface area contributed by atoms with Crippen LogP contribution >= 0.6 is 23.2 Å². The highest BCUT2D eigenvalue weighted by atomic mass is 35.5. The predicted octanol–water partition coefficient (Wildman–Crippen LogP) is 15.2. The molecular formula is C58H76Cl2N2O6. The summed E-state index contributed by atoms with van der Waals surface area (Å²) in [7, 11) is 0. The van der Waals surface area contributed by atoms with Crippen LogP contribution in [0.25, 0.3) is 21.5 Å². The van der Waals surface area contributed by atoms with Crippen molar-refractivity contribution in [3.05, 3.63) is 81.8 Å². The molecule has 4 heterocycles. The molecule has 4 aromatic carbocycles. The first-order valence-corrected chi connectivity index (χ1v) is 27.4. The summed E-state index contributed by atoms with van der Waals surface area (Å²) in [5.41, 5.74) is 2.56. The van der Waals surface area contributed by atoms with Gasteiger partial charge in [0.15, 0.2) is 0 Å². The van der Waals surface area contributed by atoms with Gasteiger partial charge in [0.25, 0.3) is 0 Å². The third-order valence-electron chi connectivity index (χ3n) is 17.8. The quantitative estimate of drug-likeness (QED) is 0.145. The second-order valence-electron chi connectivity index (χ2n) is 21.8.